The predicted molar refractivity (Wildman–Crippen MR) is 95.4 cm³/mol. The Bertz CT molecular complexity index is 610. The van der Waals surface area contributed by atoms with E-state index in [4.69, 9.17) is 9.57 Å². The molecular weight excluding hydrogens is 320 g/mol. The smallest absolute Gasteiger partial charge is 0.328 e. The van der Waals surface area contributed by atoms with Crippen molar-refractivity contribution in [1.29, 1.82) is 0 Å². The number of aryl methyl sites for hydroxylation is 2. The Hall–Kier alpha value is -1.47. The summed E-state index contributed by atoms with van der Waals surface area (Å²) in [7, 11) is 2.99. The summed E-state index contributed by atoms with van der Waals surface area (Å²) in [4.78, 5) is 17.7. The molecule has 1 fully saturated rings. The van der Waals surface area contributed by atoms with Crippen molar-refractivity contribution in [1.82, 2.24) is 10.1 Å². The molecule has 1 saturated heterocycles. The van der Waals surface area contributed by atoms with E-state index in [1.807, 2.05) is 0 Å². The van der Waals surface area contributed by atoms with Crippen molar-refractivity contribution in [3.05, 3.63) is 34.4 Å². The number of benzene rings is 1. The molecule has 0 bridgehead atoms. The molecule has 0 amide bonds. The Morgan fingerprint density at radius 1 is 1.20 bits per heavy atom. The summed E-state index contributed by atoms with van der Waals surface area (Å²) in [6.45, 7) is 7.80. The summed E-state index contributed by atoms with van der Waals surface area (Å²) < 4.78 is 5.00. The number of esters is 1. The molecule has 0 spiro atoms. The summed E-state index contributed by atoms with van der Waals surface area (Å²) in [5.74, 6) is -0.386. The van der Waals surface area contributed by atoms with Crippen molar-refractivity contribution in [3.8, 4) is 0 Å². The van der Waals surface area contributed by atoms with Gasteiger partial charge in [-0.15, -0.1) is 0 Å². The van der Waals surface area contributed by atoms with Gasteiger partial charge in [-0.3, -0.25) is 0 Å². The number of hydroxylamine groups is 4. The highest BCUT2D eigenvalue weighted by Gasteiger charge is 2.47. The summed E-state index contributed by atoms with van der Waals surface area (Å²) in [6.07, 6.45) is 1.62. The average Bonchev–Trinajstić information content (AvgIpc) is 2.63. The highest BCUT2D eigenvalue weighted by Crippen LogP contribution is 2.30. The molecule has 1 aromatic rings. The minimum atomic E-state index is -1.00. The van der Waals surface area contributed by atoms with Crippen LogP contribution in [0.25, 0.3) is 0 Å². The number of hydrogen-bond donors (Lipinski definition) is 1. The van der Waals surface area contributed by atoms with Gasteiger partial charge in [0.15, 0.2) is 0 Å². The van der Waals surface area contributed by atoms with Crippen molar-refractivity contribution >= 4 is 5.97 Å². The van der Waals surface area contributed by atoms with Crippen molar-refractivity contribution < 1.29 is 19.6 Å². The van der Waals surface area contributed by atoms with Gasteiger partial charge in [0.05, 0.1) is 14.2 Å². The standard InChI is InChI=1S/C19H30N2O4/c1-14-6-7-15(2)17(16(14)3)8-11-21(23)19(18(22)24-4)9-12-20(25-5)13-10-19/h6-7,23H,8-13H2,1-5H3. The van der Waals surface area contributed by atoms with E-state index in [-0.39, 0.29) is 5.97 Å². The maximum absolute atomic E-state index is 12.4. The molecule has 140 valence electrons. The fourth-order valence-electron chi connectivity index (χ4n) is 3.62. The lowest BCUT2D eigenvalue weighted by Crippen LogP contribution is -2.59. The first-order valence-electron chi connectivity index (χ1n) is 8.75. The van der Waals surface area contributed by atoms with Crippen molar-refractivity contribution in [2.45, 2.75) is 45.6 Å². The molecule has 1 N–H and O–H groups in total. The van der Waals surface area contributed by atoms with Gasteiger partial charge in [0.2, 0.25) is 0 Å². The molecule has 1 heterocycles. The van der Waals surface area contributed by atoms with Crippen LogP contribution in [-0.4, -0.2) is 60.7 Å². The van der Waals surface area contributed by atoms with Gasteiger partial charge in [-0.05, 0) is 62.3 Å². The highest BCUT2D eigenvalue weighted by atomic mass is 16.7. The van der Waals surface area contributed by atoms with E-state index in [2.05, 4.69) is 32.9 Å². The van der Waals surface area contributed by atoms with Crippen molar-refractivity contribution in [2.75, 3.05) is 33.9 Å². The van der Waals surface area contributed by atoms with Gasteiger partial charge in [0.1, 0.15) is 5.54 Å². The Morgan fingerprint density at radius 3 is 2.36 bits per heavy atom. The number of nitrogens with zero attached hydrogens (tertiary/aromatic N) is 2. The molecular formula is C19H30N2O4. The average molecular weight is 350 g/mol. The third-order valence-electron chi connectivity index (χ3n) is 5.54. The summed E-state index contributed by atoms with van der Waals surface area (Å²) in [6, 6.07) is 4.22. The van der Waals surface area contributed by atoms with E-state index < -0.39 is 5.54 Å². The second-order valence-electron chi connectivity index (χ2n) is 6.81. The second-order valence-corrected chi connectivity index (χ2v) is 6.81. The Labute approximate surface area is 150 Å². The van der Waals surface area contributed by atoms with E-state index in [9.17, 15) is 10.0 Å². The molecule has 0 saturated carbocycles. The Balaban J connectivity index is 2.15. The number of piperidine rings is 1. The minimum absolute atomic E-state index is 0.382. The molecule has 1 aromatic carbocycles. The molecule has 0 radical (unpaired) electrons. The number of ether oxygens (including phenoxy) is 1. The zero-order valence-corrected chi connectivity index (χ0v) is 16.0. The normalized spacial score (nSPS) is 17.7. The fraction of sp³-hybridized carbons (Fsp3) is 0.632. The lowest BCUT2D eigenvalue weighted by molar-refractivity contribution is -0.229. The third-order valence-corrected chi connectivity index (χ3v) is 5.54. The van der Waals surface area contributed by atoms with E-state index in [1.54, 1.807) is 12.2 Å². The molecule has 25 heavy (non-hydrogen) atoms. The van der Waals surface area contributed by atoms with Gasteiger partial charge in [0.25, 0.3) is 0 Å². The molecule has 6 nitrogen and oxygen atoms in total. The highest BCUT2D eigenvalue weighted by molar-refractivity contribution is 5.80. The van der Waals surface area contributed by atoms with Crippen LogP contribution >= 0.6 is 0 Å². The van der Waals surface area contributed by atoms with Crippen LogP contribution in [0.4, 0.5) is 0 Å². The van der Waals surface area contributed by atoms with Gasteiger partial charge in [-0.2, -0.15) is 10.1 Å². The van der Waals surface area contributed by atoms with E-state index >= 15 is 0 Å². The number of carbonyl (C=O) groups is 1. The van der Waals surface area contributed by atoms with Crippen LogP contribution in [0.5, 0.6) is 0 Å². The molecule has 1 aliphatic rings. The lowest BCUT2D eigenvalue weighted by Gasteiger charge is -2.42. The Morgan fingerprint density at radius 2 is 1.80 bits per heavy atom. The maximum atomic E-state index is 12.4. The van der Waals surface area contributed by atoms with Gasteiger partial charge >= 0.3 is 5.97 Å². The molecule has 1 aliphatic heterocycles. The fourth-order valence-corrected chi connectivity index (χ4v) is 3.62. The SMILES string of the molecule is COC(=O)C1(N(O)CCc2c(C)ccc(C)c2C)CCN(OC)CC1. The molecule has 0 aromatic heterocycles. The minimum Gasteiger partial charge on any atom is -0.468 e. The quantitative estimate of drug-likeness (QED) is 0.628. The molecule has 2 rings (SSSR count). The van der Waals surface area contributed by atoms with Gasteiger partial charge in [-0.25, -0.2) is 4.79 Å². The van der Waals surface area contributed by atoms with E-state index in [0.29, 0.717) is 38.9 Å². The zero-order valence-electron chi connectivity index (χ0n) is 16.0. The molecule has 0 aliphatic carbocycles. The van der Waals surface area contributed by atoms with Gasteiger partial charge in [0, 0.05) is 19.6 Å². The summed E-state index contributed by atoms with van der Waals surface area (Å²) in [5, 5.41) is 13.8. The summed E-state index contributed by atoms with van der Waals surface area (Å²) >= 11 is 0. The number of rotatable bonds is 6. The maximum Gasteiger partial charge on any atom is 0.328 e. The first-order valence-corrected chi connectivity index (χ1v) is 8.75. The second kappa shape index (κ2) is 8.27. The first-order chi connectivity index (χ1) is 11.9. The molecule has 6 heteroatoms. The van der Waals surface area contributed by atoms with Crippen LogP contribution in [0.3, 0.4) is 0 Å². The number of methoxy groups -OCH3 is 1. The van der Waals surface area contributed by atoms with Crippen LogP contribution in [0, 0.1) is 20.8 Å². The Kier molecular flexibility index (Phi) is 6.57. The van der Waals surface area contributed by atoms with Crippen LogP contribution < -0.4 is 0 Å². The molecule has 0 atom stereocenters. The van der Waals surface area contributed by atoms with E-state index in [1.165, 1.54) is 34.4 Å². The molecule has 0 unspecified atom stereocenters. The van der Waals surface area contributed by atoms with Gasteiger partial charge < -0.3 is 14.8 Å². The van der Waals surface area contributed by atoms with Crippen molar-refractivity contribution in [2.24, 2.45) is 0 Å². The first kappa shape index (κ1) is 19.8. The third kappa shape index (κ3) is 4.03. The predicted octanol–water partition coefficient (Wildman–Crippen LogP) is 2.41. The van der Waals surface area contributed by atoms with Gasteiger partial charge in [-0.1, -0.05) is 12.1 Å². The van der Waals surface area contributed by atoms with Crippen molar-refractivity contribution in [3.63, 3.8) is 0 Å². The lowest BCUT2D eigenvalue weighted by atomic mass is 9.87. The largest absolute Gasteiger partial charge is 0.468 e. The number of carbonyl (C=O) groups excluding carboxylic acids is 1. The van der Waals surface area contributed by atoms with Crippen LogP contribution in [-0.2, 0) is 20.8 Å². The van der Waals surface area contributed by atoms with Crippen LogP contribution in [0.1, 0.15) is 35.1 Å². The monoisotopic (exact) mass is 350 g/mol. The van der Waals surface area contributed by atoms with Crippen LogP contribution in [0.2, 0.25) is 0 Å². The van der Waals surface area contributed by atoms with E-state index in [0.717, 1.165) is 0 Å². The number of hydrogen-bond acceptors (Lipinski definition) is 6. The topological polar surface area (TPSA) is 62.2 Å². The van der Waals surface area contributed by atoms with Crippen LogP contribution in [0.15, 0.2) is 12.1 Å². The zero-order chi connectivity index (χ0) is 18.6. The summed E-state index contributed by atoms with van der Waals surface area (Å²) in [5.41, 5.74) is 3.91.